The SMILES string of the molecule is Cc1cc(C(=O)NCC(C)(O)c2ccco2)c(C)n1-c1nccs1. The van der Waals surface area contributed by atoms with E-state index in [1.165, 1.54) is 17.6 Å². The summed E-state index contributed by atoms with van der Waals surface area (Å²) in [4.78, 5) is 16.8. The second-order valence-electron chi connectivity index (χ2n) is 5.87. The molecular formula is C17H19N3O3S. The molecule has 1 atom stereocenters. The van der Waals surface area contributed by atoms with E-state index in [-0.39, 0.29) is 12.5 Å². The fraction of sp³-hybridized carbons (Fsp3) is 0.294. The van der Waals surface area contributed by atoms with E-state index >= 15 is 0 Å². The van der Waals surface area contributed by atoms with Gasteiger partial charge in [0.05, 0.1) is 18.4 Å². The van der Waals surface area contributed by atoms with E-state index in [2.05, 4.69) is 10.3 Å². The maximum Gasteiger partial charge on any atom is 0.253 e. The lowest BCUT2D eigenvalue weighted by atomic mass is 10.0. The van der Waals surface area contributed by atoms with Crippen LogP contribution < -0.4 is 5.32 Å². The van der Waals surface area contributed by atoms with E-state index in [1.807, 2.05) is 29.9 Å². The topological polar surface area (TPSA) is 80.3 Å². The van der Waals surface area contributed by atoms with Crippen molar-refractivity contribution in [3.8, 4) is 5.13 Å². The average Bonchev–Trinajstić information content (AvgIpc) is 3.26. The quantitative estimate of drug-likeness (QED) is 0.745. The largest absolute Gasteiger partial charge is 0.466 e. The molecule has 0 aliphatic carbocycles. The van der Waals surface area contributed by atoms with E-state index in [9.17, 15) is 9.90 Å². The van der Waals surface area contributed by atoms with Crippen LogP contribution in [-0.2, 0) is 5.60 Å². The molecule has 6 nitrogen and oxygen atoms in total. The van der Waals surface area contributed by atoms with Crippen LogP contribution in [0.4, 0.5) is 0 Å². The zero-order valence-electron chi connectivity index (χ0n) is 13.7. The molecule has 0 radical (unpaired) electrons. The molecule has 1 amide bonds. The third-order valence-electron chi connectivity index (χ3n) is 3.93. The normalized spacial score (nSPS) is 13.7. The third-order valence-corrected chi connectivity index (χ3v) is 4.69. The van der Waals surface area contributed by atoms with Crippen molar-refractivity contribution in [3.63, 3.8) is 0 Å². The maximum atomic E-state index is 12.5. The number of nitrogens with one attached hydrogen (secondary N) is 1. The number of hydrogen-bond donors (Lipinski definition) is 2. The van der Waals surface area contributed by atoms with Crippen LogP contribution in [0.1, 0.15) is 34.4 Å². The van der Waals surface area contributed by atoms with Gasteiger partial charge in [-0.2, -0.15) is 0 Å². The van der Waals surface area contributed by atoms with Crippen molar-refractivity contribution in [2.24, 2.45) is 0 Å². The van der Waals surface area contributed by atoms with Crippen LogP contribution in [-0.4, -0.2) is 27.1 Å². The molecule has 3 aromatic rings. The number of aromatic nitrogens is 2. The van der Waals surface area contributed by atoms with Gasteiger partial charge in [-0.1, -0.05) is 0 Å². The number of thiazole rings is 1. The lowest BCUT2D eigenvalue weighted by Gasteiger charge is -2.21. The van der Waals surface area contributed by atoms with E-state index < -0.39 is 5.60 Å². The van der Waals surface area contributed by atoms with Crippen LogP contribution in [0.15, 0.2) is 40.5 Å². The minimum Gasteiger partial charge on any atom is -0.466 e. The van der Waals surface area contributed by atoms with Gasteiger partial charge in [-0.05, 0) is 39.0 Å². The molecule has 0 aromatic carbocycles. The van der Waals surface area contributed by atoms with Gasteiger partial charge in [0.2, 0.25) is 0 Å². The van der Waals surface area contributed by atoms with E-state index in [4.69, 9.17) is 4.42 Å². The number of carbonyl (C=O) groups excluding carboxylic acids is 1. The van der Waals surface area contributed by atoms with Gasteiger partial charge in [0, 0.05) is 23.0 Å². The van der Waals surface area contributed by atoms with Gasteiger partial charge in [-0.3, -0.25) is 9.36 Å². The van der Waals surface area contributed by atoms with E-state index in [0.717, 1.165) is 16.5 Å². The summed E-state index contributed by atoms with van der Waals surface area (Å²) in [5, 5.41) is 15.9. The number of nitrogens with zero attached hydrogens (tertiary/aromatic N) is 2. The second-order valence-corrected chi connectivity index (χ2v) is 6.74. The molecule has 0 spiro atoms. The van der Waals surface area contributed by atoms with Crippen molar-refractivity contribution in [2.75, 3.05) is 6.54 Å². The van der Waals surface area contributed by atoms with Gasteiger partial charge in [-0.25, -0.2) is 4.98 Å². The molecule has 0 aliphatic rings. The van der Waals surface area contributed by atoms with Gasteiger partial charge >= 0.3 is 0 Å². The second kappa shape index (κ2) is 6.26. The fourth-order valence-electron chi connectivity index (χ4n) is 2.63. The van der Waals surface area contributed by atoms with E-state index in [1.54, 1.807) is 25.3 Å². The summed E-state index contributed by atoms with van der Waals surface area (Å²) in [5.74, 6) is 0.175. The van der Waals surface area contributed by atoms with Crippen molar-refractivity contribution >= 4 is 17.2 Å². The van der Waals surface area contributed by atoms with Crippen LogP contribution in [0.5, 0.6) is 0 Å². The highest BCUT2D eigenvalue weighted by molar-refractivity contribution is 7.12. The predicted molar refractivity (Wildman–Crippen MR) is 91.5 cm³/mol. The highest BCUT2D eigenvalue weighted by Crippen LogP contribution is 2.23. The summed E-state index contributed by atoms with van der Waals surface area (Å²) in [5.41, 5.74) is 1.06. The third kappa shape index (κ3) is 3.00. The Morgan fingerprint density at radius 3 is 2.92 bits per heavy atom. The summed E-state index contributed by atoms with van der Waals surface area (Å²) in [6.45, 7) is 5.48. The van der Waals surface area contributed by atoms with Crippen molar-refractivity contribution in [1.29, 1.82) is 0 Å². The standard InChI is InChI=1S/C17H19N3O3S/c1-11-9-13(12(2)20(11)16-18-6-8-24-16)15(21)19-10-17(3,22)14-5-4-7-23-14/h4-9,22H,10H2,1-3H3,(H,19,21). The Labute approximate surface area is 143 Å². The number of hydrogen-bond acceptors (Lipinski definition) is 5. The molecule has 0 bridgehead atoms. The minimum atomic E-state index is -1.26. The Bertz CT molecular complexity index is 833. The Morgan fingerprint density at radius 2 is 2.29 bits per heavy atom. The van der Waals surface area contributed by atoms with Crippen LogP contribution in [0.3, 0.4) is 0 Å². The number of amides is 1. The predicted octanol–water partition coefficient (Wildman–Crippen LogP) is 2.78. The molecule has 3 aromatic heterocycles. The molecule has 2 N–H and O–H groups in total. The van der Waals surface area contributed by atoms with Gasteiger partial charge in [-0.15, -0.1) is 11.3 Å². The fourth-order valence-corrected chi connectivity index (χ4v) is 3.38. The minimum absolute atomic E-state index is 0.0558. The summed E-state index contributed by atoms with van der Waals surface area (Å²) in [7, 11) is 0. The number of rotatable bonds is 5. The van der Waals surface area contributed by atoms with E-state index in [0.29, 0.717) is 11.3 Å². The van der Waals surface area contributed by atoms with Gasteiger partial charge in [0.25, 0.3) is 5.91 Å². The lowest BCUT2D eigenvalue weighted by molar-refractivity contribution is 0.0330. The first-order valence-electron chi connectivity index (χ1n) is 7.53. The van der Waals surface area contributed by atoms with Crippen LogP contribution in [0.25, 0.3) is 5.13 Å². The molecule has 3 rings (SSSR count). The average molecular weight is 345 g/mol. The number of aryl methyl sites for hydroxylation is 1. The molecule has 1 unspecified atom stereocenters. The van der Waals surface area contributed by atoms with Crippen LogP contribution >= 0.6 is 11.3 Å². The number of aliphatic hydroxyl groups is 1. The summed E-state index contributed by atoms with van der Waals surface area (Å²) < 4.78 is 7.17. The van der Waals surface area contributed by atoms with Gasteiger partial charge < -0.3 is 14.8 Å². The van der Waals surface area contributed by atoms with Gasteiger partial charge in [0.15, 0.2) is 5.13 Å². The molecule has 3 heterocycles. The number of furan rings is 1. The lowest BCUT2D eigenvalue weighted by Crippen LogP contribution is -2.38. The first kappa shape index (κ1) is 16.5. The Kier molecular flexibility index (Phi) is 4.29. The van der Waals surface area contributed by atoms with Crippen LogP contribution in [0, 0.1) is 13.8 Å². The van der Waals surface area contributed by atoms with Gasteiger partial charge in [0.1, 0.15) is 11.4 Å². The zero-order valence-corrected chi connectivity index (χ0v) is 14.6. The first-order chi connectivity index (χ1) is 11.4. The summed E-state index contributed by atoms with van der Waals surface area (Å²) in [6.07, 6.45) is 3.23. The summed E-state index contributed by atoms with van der Waals surface area (Å²) >= 11 is 1.51. The highest BCUT2D eigenvalue weighted by atomic mass is 32.1. The molecule has 24 heavy (non-hydrogen) atoms. The molecule has 7 heteroatoms. The van der Waals surface area contributed by atoms with Crippen molar-refractivity contribution < 1.29 is 14.3 Å². The molecule has 126 valence electrons. The molecule has 0 fully saturated rings. The van der Waals surface area contributed by atoms with Crippen molar-refractivity contribution in [2.45, 2.75) is 26.4 Å². The van der Waals surface area contributed by atoms with Crippen LogP contribution in [0.2, 0.25) is 0 Å². The van der Waals surface area contributed by atoms with Crippen molar-refractivity contribution in [3.05, 3.63) is 58.8 Å². The molecular weight excluding hydrogens is 326 g/mol. The highest BCUT2D eigenvalue weighted by Gasteiger charge is 2.27. The molecule has 0 aliphatic heterocycles. The Morgan fingerprint density at radius 1 is 1.50 bits per heavy atom. The number of carbonyl (C=O) groups is 1. The molecule has 0 saturated carbocycles. The summed E-state index contributed by atoms with van der Waals surface area (Å²) in [6, 6.07) is 5.21. The molecule has 0 saturated heterocycles. The first-order valence-corrected chi connectivity index (χ1v) is 8.41. The Hall–Kier alpha value is -2.38. The maximum absolute atomic E-state index is 12.5. The van der Waals surface area contributed by atoms with Crippen molar-refractivity contribution in [1.82, 2.24) is 14.9 Å². The zero-order chi connectivity index (χ0) is 17.3. The monoisotopic (exact) mass is 345 g/mol. The smallest absolute Gasteiger partial charge is 0.253 e. The Balaban J connectivity index is 1.78.